The fraction of sp³-hybridized carbons (Fsp3) is 0.533. The van der Waals surface area contributed by atoms with Gasteiger partial charge in [0.15, 0.2) is 0 Å². The molecule has 0 spiro atoms. The molecule has 2 unspecified atom stereocenters. The molecule has 18 heavy (non-hydrogen) atoms. The quantitative estimate of drug-likeness (QED) is 0.829. The summed E-state index contributed by atoms with van der Waals surface area (Å²) in [6, 6.07) is 6.47. The molecule has 0 bridgehead atoms. The fourth-order valence-corrected chi connectivity index (χ4v) is 2.49. The highest BCUT2D eigenvalue weighted by Crippen LogP contribution is 2.26. The molecule has 1 aliphatic heterocycles. The van der Waals surface area contributed by atoms with E-state index >= 15 is 0 Å². The molecule has 0 fully saturated rings. The van der Waals surface area contributed by atoms with Gasteiger partial charge in [-0.15, -0.1) is 0 Å². The Bertz CT molecular complexity index is 399. The minimum atomic E-state index is 0.145. The largest absolute Gasteiger partial charge is 0.326 e. The summed E-state index contributed by atoms with van der Waals surface area (Å²) in [5, 5.41) is 0. The summed E-state index contributed by atoms with van der Waals surface area (Å²) in [5.41, 5.74) is 8.89. The molecule has 0 aliphatic carbocycles. The lowest BCUT2D eigenvalue weighted by atomic mass is 9.98. The third kappa shape index (κ3) is 2.98. The summed E-state index contributed by atoms with van der Waals surface area (Å²) in [5.74, 6) is 0. The molecule has 2 rings (SSSR count). The molecule has 1 aliphatic rings. The Kier molecular flexibility index (Phi) is 4.50. The van der Waals surface area contributed by atoms with E-state index in [0.717, 1.165) is 31.6 Å². The number of nitrogens with zero attached hydrogens (tertiary/aromatic N) is 2. The van der Waals surface area contributed by atoms with Crippen molar-refractivity contribution in [2.45, 2.75) is 38.8 Å². The first-order chi connectivity index (χ1) is 8.72. The summed E-state index contributed by atoms with van der Waals surface area (Å²) in [7, 11) is 0. The zero-order valence-corrected chi connectivity index (χ0v) is 11.3. The van der Waals surface area contributed by atoms with E-state index in [0.29, 0.717) is 0 Å². The van der Waals surface area contributed by atoms with E-state index in [2.05, 4.69) is 35.9 Å². The van der Waals surface area contributed by atoms with Crippen LogP contribution in [-0.2, 0) is 0 Å². The summed E-state index contributed by atoms with van der Waals surface area (Å²) >= 11 is 0. The van der Waals surface area contributed by atoms with Crippen LogP contribution in [0.4, 0.5) is 0 Å². The number of rotatable bonds is 4. The van der Waals surface area contributed by atoms with Crippen LogP contribution in [0.3, 0.4) is 0 Å². The maximum atomic E-state index is 6.31. The van der Waals surface area contributed by atoms with E-state index in [-0.39, 0.29) is 12.1 Å². The first-order valence-corrected chi connectivity index (χ1v) is 6.78. The van der Waals surface area contributed by atoms with Gasteiger partial charge in [-0.1, -0.05) is 24.6 Å². The van der Waals surface area contributed by atoms with Crippen molar-refractivity contribution < 1.29 is 0 Å². The van der Waals surface area contributed by atoms with Crippen molar-refractivity contribution in [1.82, 2.24) is 9.88 Å². The van der Waals surface area contributed by atoms with Gasteiger partial charge < -0.3 is 5.73 Å². The first-order valence-electron chi connectivity index (χ1n) is 6.78. The van der Waals surface area contributed by atoms with Crippen LogP contribution in [0.25, 0.3) is 0 Å². The molecule has 2 N–H and O–H groups in total. The van der Waals surface area contributed by atoms with E-state index in [9.17, 15) is 0 Å². The standard InChI is InChI=1S/C15H23N3/c1-3-13(16)15(14-6-4-5-9-17-14)18-10-7-12(2)8-11-18/h4-7,9,13,15H,3,8,10-11,16H2,1-2H3. The third-order valence-electron chi connectivity index (χ3n) is 3.73. The van der Waals surface area contributed by atoms with Crippen molar-refractivity contribution >= 4 is 0 Å². The van der Waals surface area contributed by atoms with Crippen molar-refractivity contribution in [3.63, 3.8) is 0 Å². The third-order valence-corrected chi connectivity index (χ3v) is 3.73. The van der Waals surface area contributed by atoms with Crippen LogP contribution in [0.2, 0.25) is 0 Å². The Labute approximate surface area is 110 Å². The van der Waals surface area contributed by atoms with Crippen molar-refractivity contribution in [3.8, 4) is 0 Å². The van der Waals surface area contributed by atoms with E-state index in [4.69, 9.17) is 5.73 Å². The van der Waals surface area contributed by atoms with Crippen LogP contribution in [0, 0.1) is 0 Å². The predicted octanol–water partition coefficient (Wildman–Crippen LogP) is 2.51. The van der Waals surface area contributed by atoms with E-state index < -0.39 is 0 Å². The maximum Gasteiger partial charge on any atom is 0.0676 e. The highest BCUT2D eigenvalue weighted by molar-refractivity contribution is 5.14. The molecule has 0 aromatic carbocycles. The lowest BCUT2D eigenvalue weighted by Crippen LogP contribution is -2.43. The lowest BCUT2D eigenvalue weighted by Gasteiger charge is -2.36. The van der Waals surface area contributed by atoms with Gasteiger partial charge in [0.2, 0.25) is 0 Å². The average molecular weight is 245 g/mol. The van der Waals surface area contributed by atoms with Gasteiger partial charge in [0.05, 0.1) is 11.7 Å². The predicted molar refractivity (Wildman–Crippen MR) is 75.2 cm³/mol. The Morgan fingerprint density at radius 2 is 2.28 bits per heavy atom. The van der Waals surface area contributed by atoms with Gasteiger partial charge in [-0.05, 0) is 31.9 Å². The Balaban J connectivity index is 2.21. The highest BCUT2D eigenvalue weighted by Gasteiger charge is 2.27. The van der Waals surface area contributed by atoms with Crippen molar-refractivity contribution in [1.29, 1.82) is 0 Å². The molecular formula is C15H23N3. The number of hydrogen-bond donors (Lipinski definition) is 1. The molecule has 3 heteroatoms. The van der Waals surface area contributed by atoms with Gasteiger partial charge in [0, 0.05) is 25.3 Å². The average Bonchev–Trinajstić information content (AvgIpc) is 2.42. The zero-order chi connectivity index (χ0) is 13.0. The fourth-order valence-electron chi connectivity index (χ4n) is 2.49. The molecule has 98 valence electrons. The Morgan fingerprint density at radius 1 is 1.44 bits per heavy atom. The van der Waals surface area contributed by atoms with Gasteiger partial charge in [0.25, 0.3) is 0 Å². The lowest BCUT2D eigenvalue weighted by molar-refractivity contribution is 0.178. The molecule has 0 saturated carbocycles. The topological polar surface area (TPSA) is 42.1 Å². The summed E-state index contributed by atoms with van der Waals surface area (Å²) in [6.45, 7) is 6.41. The second kappa shape index (κ2) is 6.12. The number of nitrogens with two attached hydrogens (primary N) is 1. The normalized spacial score (nSPS) is 20.3. The van der Waals surface area contributed by atoms with Gasteiger partial charge >= 0.3 is 0 Å². The number of hydrogen-bond acceptors (Lipinski definition) is 3. The molecular weight excluding hydrogens is 222 g/mol. The minimum absolute atomic E-state index is 0.145. The smallest absolute Gasteiger partial charge is 0.0676 e. The van der Waals surface area contributed by atoms with Crippen molar-refractivity contribution in [3.05, 3.63) is 41.7 Å². The second-order valence-electron chi connectivity index (χ2n) is 5.07. The van der Waals surface area contributed by atoms with Gasteiger partial charge in [0.1, 0.15) is 0 Å². The van der Waals surface area contributed by atoms with E-state index in [1.165, 1.54) is 5.57 Å². The Hall–Kier alpha value is -1.19. The molecule has 2 atom stereocenters. The molecule has 3 nitrogen and oxygen atoms in total. The van der Waals surface area contributed by atoms with Crippen LogP contribution in [0.5, 0.6) is 0 Å². The zero-order valence-electron chi connectivity index (χ0n) is 11.3. The molecule has 1 aromatic heterocycles. The molecule has 0 amide bonds. The molecule has 0 saturated heterocycles. The first kappa shape index (κ1) is 13.2. The molecule has 0 radical (unpaired) electrons. The van der Waals surface area contributed by atoms with E-state index in [1.807, 2.05) is 18.3 Å². The highest BCUT2D eigenvalue weighted by atomic mass is 15.2. The molecule has 2 heterocycles. The van der Waals surface area contributed by atoms with Crippen LogP contribution >= 0.6 is 0 Å². The molecule has 1 aromatic rings. The van der Waals surface area contributed by atoms with Crippen LogP contribution < -0.4 is 5.73 Å². The SMILES string of the molecule is CCC(N)C(c1ccccn1)N1CC=C(C)CC1. The van der Waals surface area contributed by atoms with E-state index in [1.54, 1.807) is 0 Å². The number of aromatic nitrogens is 1. The Morgan fingerprint density at radius 3 is 2.83 bits per heavy atom. The maximum absolute atomic E-state index is 6.31. The van der Waals surface area contributed by atoms with Gasteiger partial charge in [-0.25, -0.2) is 0 Å². The number of pyridine rings is 1. The summed E-state index contributed by atoms with van der Waals surface area (Å²) in [4.78, 5) is 6.95. The van der Waals surface area contributed by atoms with Crippen LogP contribution in [0.15, 0.2) is 36.0 Å². The monoisotopic (exact) mass is 245 g/mol. The summed E-state index contributed by atoms with van der Waals surface area (Å²) < 4.78 is 0. The van der Waals surface area contributed by atoms with Crippen LogP contribution in [-0.4, -0.2) is 29.0 Å². The van der Waals surface area contributed by atoms with Gasteiger partial charge in [-0.3, -0.25) is 9.88 Å². The summed E-state index contributed by atoms with van der Waals surface area (Å²) in [6.07, 6.45) is 6.28. The van der Waals surface area contributed by atoms with Crippen LogP contribution in [0.1, 0.15) is 38.4 Å². The second-order valence-corrected chi connectivity index (χ2v) is 5.07. The van der Waals surface area contributed by atoms with Gasteiger partial charge in [-0.2, -0.15) is 0 Å². The van der Waals surface area contributed by atoms with Crippen molar-refractivity contribution in [2.24, 2.45) is 5.73 Å². The van der Waals surface area contributed by atoms with Crippen molar-refractivity contribution in [2.75, 3.05) is 13.1 Å². The minimum Gasteiger partial charge on any atom is -0.326 e.